The van der Waals surface area contributed by atoms with Crippen molar-refractivity contribution in [2.75, 3.05) is 14.2 Å². The Hall–Kier alpha value is -3.01. The van der Waals surface area contributed by atoms with Gasteiger partial charge in [0.15, 0.2) is 0 Å². The molecule has 1 N–H and O–H groups in total. The molecular weight excluding hydrogens is 338 g/mol. The van der Waals surface area contributed by atoms with Crippen molar-refractivity contribution in [1.82, 2.24) is 5.32 Å². The van der Waals surface area contributed by atoms with Crippen molar-refractivity contribution in [1.29, 1.82) is 0 Å². The second-order valence-corrected chi connectivity index (χ2v) is 6.99. The lowest BCUT2D eigenvalue weighted by atomic mass is 9.71. The minimum Gasteiger partial charge on any atom is -0.497 e. The normalized spacial score (nSPS) is 15.0. The van der Waals surface area contributed by atoms with Crippen LogP contribution in [0.4, 0.5) is 0 Å². The Morgan fingerprint density at radius 2 is 1.70 bits per heavy atom. The summed E-state index contributed by atoms with van der Waals surface area (Å²) >= 11 is 0. The van der Waals surface area contributed by atoms with Gasteiger partial charge in [-0.3, -0.25) is 4.79 Å². The molecule has 1 saturated carbocycles. The number of amides is 1. The molecule has 4 heteroatoms. The first-order chi connectivity index (χ1) is 13.2. The van der Waals surface area contributed by atoms with Crippen molar-refractivity contribution < 1.29 is 14.3 Å². The molecule has 1 aliphatic carbocycles. The van der Waals surface area contributed by atoms with Crippen LogP contribution in [0.5, 0.6) is 11.5 Å². The average molecular weight is 361 g/mol. The summed E-state index contributed by atoms with van der Waals surface area (Å²) < 4.78 is 10.9. The van der Waals surface area contributed by atoms with Crippen LogP contribution >= 0.6 is 0 Å². The van der Waals surface area contributed by atoms with Gasteiger partial charge in [-0.15, -0.1) is 0 Å². The van der Waals surface area contributed by atoms with Gasteiger partial charge in [0.05, 0.1) is 25.3 Å². The number of rotatable bonds is 5. The van der Waals surface area contributed by atoms with Crippen molar-refractivity contribution >= 4 is 16.7 Å². The van der Waals surface area contributed by atoms with Gasteiger partial charge in [-0.2, -0.15) is 0 Å². The molecule has 0 aliphatic heterocycles. The third-order valence-electron chi connectivity index (χ3n) is 5.51. The number of methoxy groups -OCH3 is 2. The third-order valence-corrected chi connectivity index (χ3v) is 5.51. The van der Waals surface area contributed by atoms with Crippen LogP contribution in [0.25, 0.3) is 10.8 Å². The zero-order valence-electron chi connectivity index (χ0n) is 15.6. The van der Waals surface area contributed by atoms with Crippen molar-refractivity contribution in [2.24, 2.45) is 0 Å². The minimum atomic E-state index is -0.337. The molecule has 0 saturated heterocycles. The molecular formula is C23H23NO3. The Morgan fingerprint density at radius 3 is 2.37 bits per heavy atom. The second kappa shape index (κ2) is 6.95. The van der Waals surface area contributed by atoms with Gasteiger partial charge in [0.2, 0.25) is 0 Å². The van der Waals surface area contributed by atoms with E-state index in [1.54, 1.807) is 14.2 Å². The highest BCUT2D eigenvalue weighted by Crippen LogP contribution is 2.42. The topological polar surface area (TPSA) is 47.6 Å². The molecule has 4 nitrogen and oxygen atoms in total. The average Bonchev–Trinajstić information content (AvgIpc) is 2.69. The fourth-order valence-corrected chi connectivity index (χ4v) is 3.89. The lowest BCUT2D eigenvalue weighted by molar-refractivity contribution is 0.0824. The van der Waals surface area contributed by atoms with Gasteiger partial charge in [-0.25, -0.2) is 0 Å². The second-order valence-electron chi connectivity index (χ2n) is 6.99. The first-order valence-electron chi connectivity index (χ1n) is 9.20. The molecule has 1 fully saturated rings. The van der Waals surface area contributed by atoms with Gasteiger partial charge in [-0.1, -0.05) is 36.4 Å². The molecule has 0 aromatic heterocycles. The molecule has 4 rings (SSSR count). The zero-order chi connectivity index (χ0) is 18.9. The van der Waals surface area contributed by atoms with E-state index in [9.17, 15) is 4.79 Å². The van der Waals surface area contributed by atoms with E-state index in [2.05, 4.69) is 11.4 Å². The summed E-state index contributed by atoms with van der Waals surface area (Å²) in [6.07, 6.45) is 2.94. The van der Waals surface area contributed by atoms with E-state index in [0.717, 1.165) is 41.3 Å². The number of carbonyl (C=O) groups is 1. The Bertz CT molecular complexity index is 987. The summed E-state index contributed by atoms with van der Waals surface area (Å²) in [5, 5.41) is 5.15. The van der Waals surface area contributed by atoms with E-state index < -0.39 is 0 Å². The highest BCUT2D eigenvalue weighted by Gasteiger charge is 2.40. The van der Waals surface area contributed by atoms with Crippen LogP contribution in [0.1, 0.15) is 35.2 Å². The molecule has 3 aromatic carbocycles. The number of nitrogens with one attached hydrogen (secondary N) is 1. The van der Waals surface area contributed by atoms with Gasteiger partial charge in [0, 0.05) is 5.39 Å². The van der Waals surface area contributed by atoms with Crippen LogP contribution in [0.15, 0.2) is 60.7 Å². The van der Waals surface area contributed by atoms with Gasteiger partial charge in [0.1, 0.15) is 11.5 Å². The number of hydrogen-bond acceptors (Lipinski definition) is 3. The van der Waals surface area contributed by atoms with Crippen molar-refractivity contribution in [2.45, 2.75) is 24.8 Å². The molecule has 0 spiro atoms. The summed E-state index contributed by atoms with van der Waals surface area (Å²) in [5.41, 5.74) is 1.39. The smallest absolute Gasteiger partial charge is 0.252 e. The predicted octanol–water partition coefficient (Wildman–Crippen LogP) is 4.67. The highest BCUT2D eigenvalue weighted by molar-refractivity contribution is 6.09. The summed E-state index contributed by atoms with van der Waals surface area (Å²) in [5.74, 6) is 1.44. The SMILES string of the molecule is COc1cccc(C2(NC(=O)c3cccc4cccc(OC)c34)CCC2)c1. The minimum absolute atomic E-state index is 0.0763. The number of fused-ring (bicyclic) bond motifs is 1. The molecule has 1 amide bonds. The van der Waals surface area contributed by atoms with Crippen LogP contribution in [0.2, 0.25) is 0 Å². The summed E-state index contributed by atoms with van der Waals surface area (Å²) in [6, 6.07) is 19.6. The fourth-order valence-electron chi connectivity index (χ4n) is 3.89. The summed E-state index contributed by atoms with van der Waals surface area (Å²) in [4.78, 5) is 13.3. The maximum atomic E-state index is 13.3. The summed E-state index contributed by atoms with van der Waals surface area (Å²) in [6.45, 7) is 0. The number of hydrogen-bond donors (Lipinski definition) is 1. The zero-order valence-corrected chi connectivity index (χ0v) is 15.6. The van der Waals surface area contributed by atoms with Gasteiger partial charge < -0.3 is 14.8 Å². The Balaban J connectivity index is 1.72. The maximum absolute atomic E-state index is 13.3. The van der Waals surface area contributed by atoms with E-state index in [-0.39, 0.29) is 11.4 Å². The molecule has 27 heavy (non-hydrogen) atoms. The monoisotopic (exact) mass is 361 g/mol. The molecule has 138 valence electrons. The van der Waals surface area contributed by atoms with Crippen LogP contribution in [-0.4, -0.2) is 20.1 Å². The molecule has 3 aromatic rings. The van der Waals surface area contributed by atoms with E-state index in [4.69, 9.17) is 9.47 Å². The van der Waals surface area contributed by atoms with E-state index >= 15 is 0 Å². The third kappa shape index (κ3) is 3.01. The van der Waals surface area contributed by atoms with Gasteiger partial charge in [-0.05, 0) is 54.5 Å². The number of ether oxygens (including phenoxy) is 2. The molecule has 0 radical (unpaired) electrons. The number of carbonyl (C=O) groups excluding carboxylic acids is 1. The molecule has 1 aliphatic rings. The maximum Gasteiger partial charge on any atom is 0.252 e. The van der Waals surface area contributed by atoms with Crippen LogP contribution in [0.3, 0.4) is 0 Å². The largest absolute Gasteiger partial charge is 0.497 e. The number of benzene rings is 3. The van der Waals surface area contributed by atoms with Crippen molar-refractivity contribution in [3.63, 3.8) is 0 Å². The van der Waals surface area contributed by atoms with Crippen molar-refractivity contribution in [3.8, 4) is 11.5 Å². The lowest BCUT2D eigenvalue weighted by Gasteiger charge is -2.43. The quantitative estimate of drug-likeness (QED) is 0.719. The van der Waals surface area contributed by atoms with E-state index in [1.807, 2.05) is 54.6 Å². The van der Waals surface area contributed by atoms with Gasteiger partial charge in [0.25, 0.3) is 5.91 Å². The van der Waals surface area contributed by atoms with Crippen molar-refractivity contribution in [3.05, 3.63) is 71.8 Å². The highest BCUT2D eigenvalue weighted by atomic mass is 16.5. The summed E-state index contributed by atoms with van der Waals surface area (Å²) in [7, 11) is 3.29. The van der Waals surface area contributed by atoms with E-state index in [0.29, 0.717) is 11.3 Å². The predicted molar refractivity (Wildman–Crippen MR) is 106 cm³/mol. The molecule has 0 unspecified atom stereocenters. The first-order valence-corrected chi connectivity index (χ1v) is 9.20. The fraction of sp³-hybridized carbons (Fsp3) is 0.261. The lowest BCUT2D eigenvalue weighted by Crippen LogP contribution is -2.50. The Morgan fingerprint density at radius 1 is 0.963 bits per heavy atom. The first kappa shape index (κ1) is 17.4. The molecule has 0 heterocycles. The van der Waals surface area contributed by atoms with Crippen LogP contribution in [-0.2, 0) is 5.54 Å². The van der Waals surface area contributed by atoms with Gasteiger partial charge >= 0.3 is 0 Å². The molecule has 0 bridgehead atoms. The van der Waals surface area contributed by atoms with E-state index in [1.165, 1.54) is 0 Å². The van der Waals surface area contributed by atoms with Crippen LogP contribution in [0, 0.1) is 0 Å². The Labute approximate surface area is 159 Å². The van der Waals surface area contributed by atoms with Crippen LogP contribution < -0.4 is 14.8 Å². The Kier molecular flexibility index (Phi) is 4.48. The standard InChI is InChI=1S/C23H23NO3/c1-26-18-10-5-9-17(15-18)23(13-6-14-23)24-22(25)19-11-3-7-16-8-4-12-20(27-2)21(16)19/h3-5,7-12,15H,6,13-14H2,1-2H3,(H,24,25). The molecule has 0 atom stereocenters.